The number of hydrogen-bond donors (Lipinski definition) is 1. The van der Waals surface area contributed by atoms with Gasteiger partial charge in [-0.2, -0.15) is 0 Å². The lowest BCUT2D eigenvalue weighted by molar-refractivity contribution is -0.137. The number of carboxylic acid groups (broad SMARTS) is 1. The van der Waals surface area contributed by atoms with Crippen molar-refractivity contribution >= 4 is 17.7 Å². The van der Waals surface area contributed by atoms with Crippen molar-refractivity contribution in [3.8, 4) is 0 Å². The zero-order valence-electron chi connectivity index (χ0n) is 12.3. The summed E-state index contributed by atoms with van der Waals surface area (Å²) in [5.41, 5.74) is 0. The summed E-state index contributed by atoms with van der Waals surface area (Å²) in [7, 11) is 0. The van der Waals surface area contributed by atoms with E-state index in [0.717, 1.165) is 38.2 Å². The third-order valence-electron chi connectivity index (χ3n) is 3.54. The molecule has 0 unspecified atom stereocenters. The van der Waals surface area contributed by atoms with Gasteiger partial charge in [-0.05, 0) is 55.6 Å². The van der Waals surface area contributed by atoms with Crippen molar-refractivity contribution in [2.24, 2.45) is 11.8 Å². The largest absolute Gasteiger partial charge is 0.481 e. The van der Waals surface area contributed by atoms with Crippen molar-refractivity contribution in [1.29, 1.82) is 0 Å². The molecule has 1 rings (SSSR count). The van der Waals surface area contributed by atoms with E-state index >= 15 is 0 Å². The summed E-state index contributed by atoms with van der Waals surface area (Å²) in [6.45, 7) is 3.82. The lowest BCUT2D eigenvalue weighted by Crippen LogP contribution is -2.12. The molecular weight excluding hydrogens is 272 g/mol. The molecule has 1 N–H and O–H groups in total. The molecule has 1 aliphatic heterocycles. The van der Waals surface area contributed by atoms with Gasteiger partial charge in [0.25, 0.3) is 0 Å². The first-order valence-electron chi connectivity index (χ1n) is 7.41. The third kappa shape index (κ3) is 7.75. The van der Waals surface area contributed by atoms with Crippen LogP contribution in [0.4, 0.5) is 0 Å². The van der Waals surface area contributed by atoms with Crippen molar-refractivity contribution in [1.82, 2.24) is 0 Å². The van der Waals surface area contributed by atoms with Crippen LogP contribution in [0.15, 0.2) is 23.6 Å². The standard InChI is InChI=1S/C16H26O3S/c1-2-10-20-11-9-15-13-19-12-14(15)7-5-3-4-6-8-16(17)18/h2-3,5,10,14-15H,4,6-9,11-13H2,1H3,(H,17,18)/b5-3-,10-2?/t14-,15+/m0/s1. The van der Waals surface area contributed by atoms with E-state index in [4.69, 9.17) is 9.84 Å². The number of thioether (sulfide) groups is 1. The average molecular weight is 298 g/mol. The van der Waals surface area contributed by atoms with E-state index in [0.29, 0.717) is 11.8 Å². The Kier molecular flexibility index (Phi) is 9.50. The number of carboxylic acids is 1. The SMILES string of the molecule is CC=CSCC[C@@H]1COC[C@@H]1C/C=C\CCCC(=O)O. The Morgan fingerprint density at radius 3 is 2.90 bits per heavy atom. The van der Waals surface area contributed by atoms with E-state index in [9.17, 15) is 4.79 Å². The molecule has 0 bridgehead atoms. The van der Waals surface area contributed by atoms with Crippen LogP contribution < -0.4 is 0 Å². The van der Waals surface area contributed by atoms with Crippen LogP contribution in [-0.4, -0.2) is 30.0 Å². The Balaban J connectivity index is 2.14. The first kappa shape index (κ1) is 17.3. The number of rotatable bonds is 10. The predicted octanol–water partition coefficient (Wildman–Crippen LogP) is 4.11. The van der Waals surface area contributed by atoms with Crippen molar-refractivity contribution in [2.45, 2.75) is 39.0 Å². The van der Waals surface area contributed by atoms with Crippen LogP contribution in [0.5, 0.6) is 0 Å². The number of ether oxygens (including phenoxy) is 1. The van der Waals surface area contributed by atoms with Gasteiger partial charge in [0.2, 0.25) is 0 Å². The predicted molar refractivity (Wildman–Crippen MR) is 84.9 cm³/mol. The molecular formula is C16H26O3S. The van der Waals surface area contributed by atoms with Crippen LogP contribution in [0, 0.1) is 11.8 Å². The minimum atomic E-state index is -0.707. The number of unbranched alkanes of at least 4 members (excludes halogenated alkanes) is 1. The second kappa shape index (κ2) is 11.0. The van der Waals surface area contributed by atoms with Gasteiger partial charge in [-0.25, -0.2) is 0 Å². The van der Waals surface area contributed by atoms with Gasteiger partial charge in [0, 0.05) is 13.0 Å². The molecule has 0 amide bonds. The molecule has 0 aromatic heterocycles. The molecule has 1 fully saturated rings. The maximum Gasteiger partial charge on any atom is 0.303 e. The Bertz CT molecular complexity index is 326. The van der Waals surface area contributed by atoms with Gasteiger partial charge in [-0.3, -0.25) is 4.79 Å². The lowest BCUT2D eigenvalue weighted by Gasteiger charge is -2.14. The summed E-state index contributed by atoms with van der Waals surface area (Å²) in [6.07, 6.45) is 10.5. The Morgan fingerprint density at radius 1 is 1.35 bits per heavy atom. The van der Waals surface area contributed by atoms with Gasteiger partial charge < -0.3 is 9.84 Å². The monoisotopic (exact) mass is 298 g/mol. The summed E-state index contributed by atoms with van der Waals surface area (Å²) in [4.78, 5) is 10.4. The van der Waals surface area contributed by atoms with Crippen LogP contribution in [0.2, 0.25) is 0 Å². The van der Waals surface area contributed by atoms with Gasteiger partial charge in [-0.1, -0.05) is 18.2 Å². The molecule has 0 aromatic rings. The zero-order chi connectivity index (χ0) is 14.6. The molecule has 114 valence electrons. The third-order valence-corrected chi connectivity index (χ3v) is 4.47. The van der Waals surface area contributed by atoms with Crippen molar-refractivity contribution in [3.63, 3.8) is 0 Å². The normalized spacial score (nSPS) is 23.1. The maximum atomic E-state index is 10.4. The molecule has 0 aromatic carbocycles. The fourth-order valence-electron chi connectivity index (χ4n) is 2.37. The molecule has 3 nitrogen and oxygen atoms in total. The topological polar surface area (TPSA) is 46.5 Å². The van der Waals surface area contributed by atoms with E-state index in [1.807, 2.05) is 18.7 Å². The maximum absolute atomic E-state index is 10.4. The molecule has 0 spiro atoms. The highest BCUT2D eigenvalue weighted by molar-refractivity contribution is 8.02. The summed E-state index contributed by atoms with van der Waals surface area (Å²) >= 11 is 1.87. The number of hydrogen-bond acceptors (Lipinski definition) is 3. The van der Waals surface area contributed by atoms with Crippen LogP contribution in [0.3, 0.4) is 0 Å². The Morgan fingerprint density at radius 2 is 2.15 bits per heavy atom. The van der Waals surface area contributed by atoms with E-state index in [2.05, 4.69) is 23.6 Å². The molecule has 4 heteroatoms. The minimum Gasteiger partial charge on any atom is -0.481 e. The number of aliphatic carboxylic acids is 1. The highest BCUT2D eigenvalue weighted by Crippen LogP contribution is 2.28. The first-order chi connectivity index (χ1) is 9.74. The molecule has 1 saturated heterocycles. The van der Waals surface area contributed by atoms with Gasteiger partial charge in [-0.15, -0.1) is 11.8 Å². The second-order valence-electron chi connectivity index (χ2n) is 5.18. The quantitative estimate of drug-likeness (QED) is 0.487. The highest BCUT2D eigenvalue weighted by atomic mass is 32.2. The lowest BCUT2D eigenvalue weighted by atomic mass is 9.90. The number of carbonyl (C=O) groups is 1. The Hall–Kier alpha value is -0.740. The van der Waals surface area contributed by atoms with E-state index in [1.54, 1.807) is 0 Å². The molecule has 0 saturated carbocycles. The summed E-state index contributed by atoms with van der Waals surface area (Å²) in [5, 5.41) is 10.7. The fourth-order valence-corrected chi connectivity index (χ4v) is 3.13. The van der Waals surface area contributed by atoms with Crippen LogP contribution >= 0.6 is 11.8 Å². The van der Waals surface area contributed by atoms with E-state index < -0.39 is 5.97 Å². The molecule has 2 atom stereocenters. The molecule has 0 aliphatic carbocycles. The molecule has 20 heavy (non-hydrogen) atoms. The smallest absolute Gasteiger partial charge is 0.303 e. The summed E-state index contributed by atoms with van der Waals surface area (Å²) in [6, 6.07) is 0. The second-order valence-corrected chi connectivity index (χ2v) is 6.19. The molecule has 0 radical (unpaired) electrons. The van der Waals surface area contributed by atoms with E-state index in [1.165, 1.54) is 6.42 Å². The molecule has 1 heterocycles. The first-order valence-corrected chi connectivity index (χ1v) is 8.46. The van der Waals surface area contributed by atoms with Crippen LogP contribution in [0.25, 0.3) is 0 Å². The zero-order valence-corrected chi connectivity index (χ0v) is 13.1. The average Bonchev–Trinajstić information content (AvgIpc) is 2.86. The summed E-state index contributed by atoms with van der Waals surface area (Å²) in [5.74, 6) is 1.77. The fraction of sp³-hybridized carbons (Fsp3) is 0.688. The number of allylic oxidation sites excluding steroid dienone is 3. The van der Waals surface area contributed by atoms with Gasteiger partial charge >= 0.3 is 5.97 Å². The van der Waals surface area contributed by atoms with Crippen LogP contribution in [0.1, 0.15) is 39.0 Å². The minimum absolute atomic E-state index is 0.266. The van der Waals surface area contributed by atoms with E-state index in [-0.39, 0.29) is 6.42 Å². The van der Waals surface area contributed by atoms with Crippen molar-refractivity contribution < 1.29 is 14.6 Å². The van der Waals surface area contributed by atoms with Crippen molar-refractivity contribution in [2.75, 3.05) is 19.0 Å². The van der Waals surface area contributed by atoms with Gasteiger partial charge in [0.05, 0.1) is 6.61 Å². The Labute approximate surface area is 126 Å². The molecule has 1 aliphatic rings. The van der Waals surface area contributed by atoms with Gasteiger partial charge in [0.15, 0.2) is 0 Å². The summed E-state index contributed by atoms with van der Waals surface area (Å²) < 4.78 is 5.60. The van der Waals surface area contributed by atoms with Gasteiger partial charge in [0.1, 0.15) is 0 Å². The highest BCUT2D eigenvalue weighted by Gasteiger charge is 2.26. The van der Waals surface area contributed by atoms with Crippen molar-refractivity contribution in [3.05, 3.63) is 23.6 Å². The van der Waals surface area contributed by atoms with Crippen LogP contribution in [-0.2, 0) is 9.53 Å².